The lowest BCUT2D eigenvalue weighted by molar-refractivity contribution is 0.101. The van der Waals surface area contributed by atoms with Crippen LogP contribution in [-0.4, -0.2) is 20.5 Å². The highest BCUT2D eigenvalue weighted by Gasteiger charge is 2.16. The Balaban J connectivity index is 3.54. The van der Waals surface area contributed by atoms with Crippen LogP contribution in [0.3, 0.4) is 0 Å². The summed E-state index contributed by atoms with van der Waals surface area (Å²) >= 11 is 3.16. The van der Waals surface area contributed by atoms with Crippen LogP contribution >= 0.6 is 15.9 Å². The number of ketones is 1. The van der Waals surface area contributed by atoms with E-state index in [2.05, 4.69) is 15.9 Å². The van der Waals surface area contributed by atoms with Crippen LogP contribution in [0.4, 0.5) is 0 Å². The third kappa shape index (κ3) is 2.42. The summed E-state index contributed by atoms with van der Waals surface area (Å²) in [6, 6.07) is 4.58. The second-order valence-corrected chi connectivity index (χ2v) is 5.87. The number of hydrogen-bond acceptors (Lipinski definition) is 3. The van der Waals surface area contributed by atoms with Gasteiger partial charge in [0, 0.05) is 16.3 Å². The van der Waals surface area contributed by atoms with E-state index in [1.807, 2.05) is 0 Å². The van der Waals surface area contributed by atoms with Crippen molar-refractivity contribution < 1.29 is 13.2 Å². The molecule has 0 radical (unpaired) electrons. The predicted molar refractivity (Wildman–Crippen MR) is 57.3 cm³/mol. The number of carbonyl (C=O) groups is 1. The predicted octanol–water partition coefficient (Wildman–Crippen LogP) is 2.06. The Kier molecular flexibility index (Phi) is 3.11. The molecule has 1 aromatic rings. The van der Waals surface area contributed by atoms with Gasteiger partial charge in [-0.2, -0.15) is 0 Å². The molecule has 0 saturated carbocycles. The normalized spacial score (nSPS) is 11.4. The van der Waals surface area contributed by atoms with Gasteiger partial charge in [0.05, 0.1) is 4.90 Å². The average Bonchev–Trinajstić information content (AvgIpc) is 2.01. The van der Waals surface area contributed by atoms with E-state index in [4.69, 9.17) is 0 Å². The first kappa shape index (κ1) is 11.4. The van der Waals surface area contributed by atoms with Crippen molar-refractivity contribution in [2.45, 2.75) is 11.8 Å². The van der Waals surface area contributed by atoms with Gasteiger partial charge in [-0.3, -0.25) is 4.79 Å². The van der Waals surface area contributed by atoms with Gasteiger partial charge in [-0.25, -0.2) is 8.42 Å². The van der Waals surface area contributed by atoms with Crippen LogP contribution in [0.2, 0.25) is 0 Å². The molecule has 1 aromatic carbocycles. The second kappa shape index (κ2) is 3.82. The highest BCUT2D eigenvalue weighted by atomic mass is 79.9. The Morgan fingerprint density at radius 3 is 2.36 bits per heavy atom. The molecule has 0 bridgehead atoms. The van der Waals surface area contributed by atoms with E-state index in [1.54, 1.807) is 6.07 Å². The molecule has 0 aliphatic heterocycles. The summed E-state index contributed by atoms with van der Waals surface area (Å²) in [7, 11) is -3.35. The summed E-state index contributed by atoms with van der Waals surface area (Å²) in [5.74, 6) is -0.252. The molecule has 14 heavy (non-hydrogen) atoms. The molecule has 0 aliphatic rings. The molecule has 0 heterocycles. The van der Waals surface area contributed by atoms with Crippen LogP contribution in [-0.2, 0) is 9.84 Å². The molecule has 0 atom stereocenters. The second-order valence-electron chi connectivity index (χ2n) is 2.97. The standard InChI is InChI=1S/C9H9BrO3S/c1-6(11)8-4-3-7(10)5-9(8)14(2,12)13/h3-5H,1-2H3. The lowest BCUT2D eigenvalue weighted by Gasteiger charge is -2.04. The van der Waals surface area contributed by atoms with Crippen molar-refractivity contribution in [1.29, 1.82) is 0 Å². The third-order valence-corrected chi connectivity index (χ3v) is 3.35. The number of carbonyl (C=O) groups excluding carboxylic acids is 1. The minimum atomic E-state index is -3.35. The Labute approximate surface area is 91.2 Å². The molecule has 3 nitrogen and oxygen atoms in total. The van der Waals surface area contributed by atoms with E-state index in [-0.39, 0.29) is 16.2 Å². The molecule has 0 fully saturated rings. The van der Waals surface area contributed by atoms with Crippen LogP contribution in [0, 0.1) is 0 Å². The van der Waals surface area contributed by atoms with E-state index in [0.29, 0.717) is 4.47 Å². The fourth-order valence-corrected chi connectivity index (χ4v) is 2.56. The zero-order valence-corrected chi connectivity index (χ0v) is 10.1. The number of halogens is 1. The van der Waals surface area contributed by atoms with Crippen LogP contribution in [0.1, 0.15) is 17.3 Å². The Morgan fingerprint density at radius 2 is 1.93 bits per heavy atom. The maximum absolute atomic E-state index is 11.3. The highest BCUT2D eigenvalue weighted by molar-refractivity contribution is 9.10. The van der Waals surface area contributed by atoms with E-state index in [9.17, 15) is 13.2 Å². The first-order valence-corrected chi connectivity index (χ1v) is 6.51. The lowest BCUT2D eigenvalue weighted by Crippen LogP contribution is -2.05. The van der Waals surface area contributed by atoms with Crippen LogP contribution in [0.15, 0.2) is 27.6 Å². The van der Waals surface area contributed by atoms with Crippen LogP contribution in [0.5, 0.6) is 0 Å². The van der Waals surface area contributed by atoms with Crippen LogP contribution in [0.25, 0.3) is 0 Å². The fraction of sp³-hybridized carbons (Fsp3) is 0.222. The van der Waals surface area contributed by atoms with Gasteiger partial charge >= 0.3 is 0 Å². The number of Topliss-reactive ketones (excluding diaryl/α,β-unsaturated/α-hetero) is 1. The van der Waals surface area contributed by atoms with Crippen molar-refractivity contribution in [3.05, 3.63) is 28.2 Å². The number of rotatable bonds is 2. The monoisotopic (exact) mass is 276 g/mol. The van der Waals surface area contributed by atoms with Gasteiger partial charge < -0.3 is 0 Å². The van der Waals surface area contributed by atoms with Crippen molar-refractivity contribution in [3.63, 3.8) is 0 Å². The van der Waals surface area contributed by atoms with Gasteiger partial charge in [-0.05, 0) is 25.1 Å². The maximum Gasteiger partial charge on any atom is 0.176 e. The summed E-state index contributed by atoms with van der Waals surface area (Å²) in [5, 5.41) is 0. The van der Waals surface area contributed by atoms with E-state index < -0.39 is 9.84 Å². The van der Waals surface area contributed by atoms with Crippen molar-refractivity contribution in [1.82, 2.24) is 0 Å². The molecule has 0 aliphatic carbocycles. The summed E-state index contributed by atoms with van der Waals surface area (Å²) in [6.45, 7) is 1.35. The molecular formula is C9H9BrO3S. The number of benzene rings is 1. The molecule has 1 rings (SSSR count). The minimum Gasteiger partial charge on any atom is -0.294 e. The summed E-state index contributed by atoms with van der Waals surface area (Å²) < 4.78 is 23.3. The lowest BCUT2D eigenvalue weighted by atomic mass is 10.1. The van der Waals surface area contributed by atoms with Crippen molar-refractivity contribution >= 4 is 31.6 Å². The van der Waals surface area contributed by atoms with Gasteiger partial charge in [0.15, 0.2) is 15.6 Å². The molecule has 0 saturated heterocycles. The fourth-order valence-electron chi connectivity index (χ4n) is 1.09. The zero-order chi connectivity index (χ0) is 10.9. The van der Waals surface area contributed by atoms with Gasteiger partial charge in [0.2, 0.25) is 0 Å². The largest absolute Gasteiger partial charge is 0.294 e. The molecule has 0 amide bonds. The maximum atomic E-state index is 11.3. The van der Waals surface area contributed by atoms with Gasteiger partial charge in [-0.1, -0.05) is 15.9 Å². The van der Waals surface area contributed by atoms with E-state index >= 15 is 0 Å². The summed E-state index contributed by atoms with van der Waals surface area (Å²) in [5.41, 5.74) is 0.232. The van der Waals surface area contributed by atoms with E-state index in [0.717, 1.165) is 6.26 Å². The van der Waals surface area contributed by atoms with Gasteiger partial charge in [0.25, 0.3) is 0 Å². The SMILES string of the molecule is CC(=O)c1ccc(Br)cc1S(C)(=O)=O. The highest BCUT2D eigenvalue weighted by Crippen LogP contribution is 2.21. The van der Waals surface area contributed by atoms with Crippen molar-refractivity contribution in [2.24, 2.45) is 0 Å². The average molecular weight is 277 g/mol. The molecule has 76 valence electrons. The van der Waals surface area contributed by atoms with Crippen LogP contribution < -0.4 is 0 Å². The first-order valence-electron chi connectivity index (χ1n) is 3.83. The van der Waals surface area contributed by atoms with Crippen molar-refractivity contribution in [3.8, 4) is 0 Å². The smallest absolute Gasteiger partial charge is 0.176 e. The molecule has 0 aromatic heterocycles. The zero-order valence-electron chi connectivity index (χ0n) is 7.74. The summed E-state index contributed by atoms with van der Waals surface area (Å²) in [6.07, 6.45) is 1.08. The molecule has 0 unspecified atom stereocenters. The summed E-state index contributed by atoms with van der Waals surface area (Å²) in [4.78, 5) is 11.2. The Morgan fingerprint density at radius 1 is 1.36 bits per heavy atom. The quantitative estimate of drug-likeness (QED) is 0.777. The molecular weight excluding hydrogens is 268 g/mol. The molecule has 0 N–H and O–H groups in total. The number of hydrogen-bond donors (Lipinski definition) is 0. The minimum absolute atomic E-state index is 0.0689. The first-order chi connectivity index (χ1) is 6.32. The topological polar surface area (TPSA) is 51.2 Å². The van der Waals surface area contributed by atoms with Crippen molar-refractivity contribution in [2.75, 3.05) is 6.26 Å². The Bertz CT molecular complexity index is 477. The third-order valence-electron chi connectivity index (χ3n) is 1.72. The molecule has 0 spiro atoms. The van der Waals surface area contributed by atoms with E-state index in [1.165, 1.54) is 19.1 Å². The number of sulfone groups is 1. The van der Waals surface area contributed by atoms with Gasteiger partial charge in [0.1, 0.15) is 0 Å². The molecule has 5 heteroatoms. The Hall–Kier alpha value is -0.680. The van der Waals surface area contributed by atoms with Gasteiger partial charge in [-0.15, -0.1) is 0 Å².